The SMILES string of the molecule is COC(=O)c1ccc(-n2nc(-c3ccc(C(C)C)cc3)sc2=O)cc1. The van der Waals surface area contributed by atoms with Crippen LogP contribution in [0.2, 0.25) is 0 Å². The van der Waals surface area contributed by atoms with Gasteiger partial charge >= 0.3 is 10.8 Å². The summed E-state index contributed by atoms with van der Waals surface area (Å²) in [6.07, 6.45) is 0. The van der Waals surface area contributed by atoms with Crippen LogP contribution in [0.5, 0.6) is 0 Å². The molecule has 6 heteroatoms. The van der Waals surface area contributed by atoms with Gasteiger partial charge in [-0.1, -0.05) is 49.4 Å². The van der Waals surface area contributed by atoms with E-state index < -0.39 is 5.97 Å². The highest BCUT2D eigenvalue weighted by Gasteiger charge is 2.12. The van der Waals surface area contributed by atoms with E-state index in [9.17, 15) is 9.59 Å². The van der Waals surface area contributed by atoms with Crippen LogP contribution in [0.25, 0.3) is 16.3 Å². The van der Waals surface area contributed by atoms with Crippen LogP contribution in [0.4, 0.5) is 0 Å². The Labute approximate surface area is 149 Å². The summed E-state index contributed by atoms with van der Waals surface area (Å²) in [6.45, 7) is 4.28. The molecular weight excluding hydrogens is 336 g/mol. The number of nitrogens with zero attached hydrogens (tertiary/aromatic N) is 2. The summed E-state index contributed by atoms with van der Waals surface area (Å²) in [5.41, 5.74) is 3.20. The fourth-order valence-corrected chi connectivity index (χ4v) is 3.20. The van der Waals surface area contributed by atoms with Gasteiger partial charge in [0.05, 0.1) is 18.4 Å². The molecule has 0 aliphatic heterocycles. The van der Waals surface area contributed by atoms with E-state index in [1.807, 2.05) is 12.1 Å². The molecule has 2 aromatic carbocycles. The molecule has 0 radical (unpaired) electrons. The number of carbonyl (C=O) groups is 1. The second-order valence-electron chi connectivity index (χ2n) is 5.90. The van der Waals surface area contributed by atoms with E-state index >= 15 is 0 Å². The summed E-state index contributed by atoms with van der Waals surface area (Å²) in [5, 5.41) is 5.09. The molecule has 3 aromatic rings. The topological polar surface area (TPSA) is 61.2 Å². The number of hydrogen-bond acceptors (Lipinski definition) is 5. The second kappa shape index (κ2) is 7.03. The molecule has 0 bridgehead atoms. The molecule has 0 fully saturated rings. The maximum absolute atomic E-state index is 12.3. The van der Waals surface area contributed by atoms with E-state index in [1.54, 1.807) is 24.3 Å². The monoisotopic (exact) mass is 354 g/mol. The lowest BCUT2D eigenvalue weighted by Crippen LogP contribution is -2.12. The van der Waals surface area contributed by atoms with Crippen molar-refractivity contribution < 1.29 is 9.53 Å². The molecule has 0 amide bonds. The Morgan fingerprint density at radius 3 is 2.28 bits per heavy atom. The van der Waals surface area contributed by atoms with Crippen LogP contribution < -0.4 is 4.87 Å². The lowest BCUT2D eigenvalue weighted by Gasteiger charge is -2.05. The molecule has 0 aliphatic carbocycles. The van der Waals surface area contributed by atoms with Crippen molar-refractivity contribution in [1.29, 1.82) is 0 Å². The van der Waals surface area contributed by atoms with Gasteiger partial charge in [0.15, 0.2) is 0 Å². The molecule has 5 nitrogen and oxygen atoms in total. The summed E-state index contributed by atoms with van der Waals surface area (Å²) in [4.78, 5) is 23.6. The summed E-state index contributed by atoms with van der Waals surface area (Å²) in [5.74, 6) is 0.0433. The minimum Gasteiger partial charge on any atom is -0.465 e. The Kier molecular flexibility index (Phi) is 4.81. The Morgan fingerprint density at radius 1 is 1.08 bits per heavy atom. The standard InChI is InChI=1S/C19H18N2O3S/c1-12(2)13-4-6-14(7-5-13)17-20-21(19(23)25-17)16-10-8-15(9-11-16)18(22)24-3/h4-12H,1-3H3. The third-order valence-electron chi connectivity index (χ3n) is 3.91. The number of benzene rings is 2. The molecule has 0 N–H and O–H groups in total. The van der Waals surface area contributed by atoms with Crippen molar-refractivity contribution in [3.63, 3.8) is 0 Å². The van der Waals surface area contributed by atoms with Gasteiger partial charge in [0.2, 0.25) is 0 Å². The van der Waals surface area contributed by atoms with Crippen molar-refractivity contribution in [2.24, 2.45) is 0 Å². The van der Waals surface area contributed by atoms with Crippen molar-refractivity contribution in [2.45, 2.75) is 19.8 Å². The highest BCUT2D eigenvalue weighted by atomic mass is 32.1. The first-order valence-electron chi connectivity index (χ1n) is 7.89. The van der Waals surface area contributed by atoms with E-state index in [0.717, 1.165) is 16.9 Å². The number of aromatic nitrogens is 2. The van der Waals surface area contributed by atoms with E-state index in [1.165, 1.54) is 17.4 Å². The van der Waals surface area contributed by atoms with Gasteiger partial charge in [0.25, 0.3) is 0 Å². The Balaban J connectivity index is 1.92. The molecule has 0 spiro atoms. The maximum atomic E-state index is 12.3. The fraction of sp³-hybridized carbons (Fsp3) is 0.211. The highest BCUT2D eigenvalue weighted by Crippen LogP contribution is 2.23. The molecule has 128 valence electrons. The van der Waals surface area contributed by atoms with Crippen molar-refractivity contribution in [2.75, 3.05) is 7.11 Å². The predicted octanol–water partition coefficient (Wildman–Crippen LogP) is 3.87. The third-order valence-corrected chi connectivity index (χ3v) is 4.76. The molecule has 0 aliphatic rings. The highest BCUT2D eigenvalue weighted by molar-refractivity contribution is 7.12. The smallest absolute Gasteiger partial charge is 0.337 e. The lowest BCUT2D eigenvalue weighted by molar-refractivity contribution is 0.0600. The summed E-state index contributed by atoms with van der Waals surface area (Å²) in [7, 11) is 1.33. The van der Waals surface area contributed by atoms with E-state index in [4.69, 9.17) is 0 Å². The maximum Gasteiger partial charge on any atom is 0.337 e. The normalized spacial score (nSPS) is 10.9. The van der Waals surface area contributed by atoms with Crippen LogP contribution >= 0.6 is 11.3 Å². The first-order chi connectivity index (χ1) is 12.0. The van der Waals surface area contributed by atoms with Gasteiger partial charge in [-0.05, 0) is 35.7 Å². The zero-order valence-electron chi connectivity index (χ0n) is 14.2. The van der Waals surface area contributed by atoms with Crippen molar-refractivity contribution >= 4 is 17.3 Å². The molecule has 3 rings (SSSR count). The van der Waals surface area contributed by atoms with Gasteiger partial charge in [0, 0.05) is 5.56 Å². The number of rotatable bonds is 4. The average molecular weight is 354 g/mol. The van der Waals surface area contributed by atoms with Crippen molar-refractivity contribution in [3.05, 3.63) is 69.3 Å². The zero-order valence-corrected chi connectivity index (χ0v) is 15.0. The van der Waals surface area contributed by atoms with Crippen LogP contribution in [0.3, 0.4) is 0 Å². The quantitative estimate of drug-likeness (QED) is 0.667. The van der Waals surface area contributed by atoms with Gasteiger partial charge in [0.1, 0.15) is 5.01 Å². The Bertz CT molecular complexity index is 938. The molecular formula is C19H18N2O3S. The summed E-state index contributed by atoms with van der Waals surface area (Å²) < 4.78 is 6.02. The van der Waals surface area contributed by atoms with E-state index in [-0.39, 0.29) is 4.87 Å². The van der Waals surface area contributed by atoms with Gasteiger partial charge < -0.3 is 4.74 Å². The summed E-state index contributed by atoms with van der Waals surface area (Å²) in [6, 6.07) is 14.7. The molecule has 0 atom stereocenters. The molecule has 0 saturated carbocycles. The lowest BCUT2D eigenvalue weighted by atomic mass is 10.0. The van der Waals surface area contributed by atoms with Crippen LogP contribution in [0.1, 0.15) is 35.7 Å². The van der Waals surface area contributed by atoms with Crippen LogP contribution in [0, 0.1) is 0 Å². The molecule has 25 heavy (non-hydrogen) atoms. The van der Waals surface area contributed by atoms with Gasteiger partial charge in [-0.3, -0.25) is 4.79 Å². The largest absolute Gasteiger partial charge is 0.465 e. The Morgan fingerprint density at radius 2 is 1.72 bits per heavy atom. The molecule has 1 heterocycles. The third kappa shape index (κ3) is 3.53. The van der Waals surface area contributed by atoms with Gasteiger partial charge in [-0.15, -0.1) is 0 Å². The van der Waals surface area contributed by atoms with Crippen LogP contribution in [0.15, 0.2) is 53.3 Å². The number of ether oxygens (including phenoxy) is 1. The first kappa shape index (κ1) is 17.1. The van der Waals surface area contributed by atoms with Gasteiger partial charge in [-0.2, -0.15) is 9.78 Å². The summed E-state index contributed by atoms with van der Waals surface area (Å²) >= 11 is 1.10. The number of hydrogen-bond donors (Lipinski definition) is 0. The minimum atomic E-state index is -0.414. The van der Waals surface area contributed by atoms with E-state index in [0.29, 0.717) is 22.2 Å². The number of esters is 1. The molecule has 0 unspecified atom stereocenters. The van der Waals surface area contributed by atoms with Crippen molar-refractivity contribution in [3.8, 4) is 16.3 Å². The van der Waals surface area contributed by atoms with Crippen LogP contribution in [-0.2, 0) is 4.74 Å². The zero-order chi connectivity index (χ0) is 18.0. The predicted molar refractivity (Wildman–Crippen MR) is 98.6 cm³/mol. The average Bonchev–Trinajstić information content (AvgIpc) is 3.03. The minimum absolute atomic E-state index is 0.172. The van der Waals surface area contributed by atoms with Crippen LogP contribution in [-0.4, -0.2) is 22.9 Å². The molecule has 0 saturated heterocycles. The first-order valence-corrected chi connectivity index (χ1v) is 8.70. The van der Waals surface area contributed by atoms with E-state index in [2.05, 4.69) is 35.8 Å². The Hall–Kier alpha value is -2.73. The second-order valence-corrected chi connectivity index (χ2v) is 6.84. The molecule has 1 aromatic heterocycles. The number of methoxy groups -OCH3 is 1. The van der Waals surface area contributed by atoms with Gasteiger partial charge in [-0.25, -0.2) is 4.79 Å². The van der Waals surface area contributed by atoms with Crippen molar-refractivity contribution in [1.82, 2.24) is 9.78 Å². The number of carbonyl (C=O) groups excluding carboxylic acids is 1. The fourth-order valence-electron chi connectivity index (χ4n) is 2.42.